The predicted molar refractivity (Wildman–Crippen MR) is 38.0 cm³/mol. The van der Waals surface area contributed by atoms with Gasteiger partial charge in [-0.05, 0) is 6.92 Å². The molecule has 0 radical (unpaired) electrons. The van der Waals surface area contributed by atoms with E-state index in [1.165, 1.54) is 6.08 Å². The monoisotopic (exact) mass is 158 g/mol. The second-order valence-corrected chi connectivity index (χ2v) is 1.75. The minimum absolute atomic E-state index is 0.154. The van der Waals surface area contributed by atoms with Crippen molar-refractivity contribution < 1.29 is 19.4 Å². The molecule has 0 atom stereocenters. The Kier molecular flexibility index (Phi) is 4.81. The molecule has 0 aliphatic rings. The highest BCUT2D eigenvalue weighted by atomic mass is 16.5. The van der Waals surface area contributed by atoms with Gasteiger partial charge in [-0.1, -0.05) is 6.08 Å². The van der Waals surface area contributed by atoms with Crippen LogP contribution in [0.1, 0.15) is 13.3 Å². The summed E-state index contributed by atoms with van der Waals surface area (Å²) in [4.78, 5) is 20.5. The number of rotatable bonds is 4. The normalized spacial score (nSPS) is 9.91. The van der Waals surface area contributed by atoms with Crippen molar-refractivity contribution in [2.45, 2.75) is 13.3 Å². The van der Waals surface area contributed by atoms with Gasteiger partial charge < -0.3 is 9.84 Å². The van der Waals surface area contributed by atoms with E-state index < -0.39 is 11.9 Å². The van der Waals surface area contributed by atoms with Crippen molar-refractivity contribution in [2.75, 3.05) is 6.61 Å². The van der Waals surface area contributed by atoms with Crippen LogP contribution in [0.2, 0.25) is 0 Å². The molecule has 0 saturated carbocycles. The van der Waals surface area contributed by atoms with E-state index in [0.29, 0.717) is 6.61 Å². The third-order valence-electron chi connectivity index (χ3n) is 0.833. The molecule has 0 aliphatic heterocycles. The molecule has 0 aromatic rings. The molecule has 4 nitrogen and oxygen atoms in total. The number of carbonyl (C=O) groups excluding carboxylic acids is 1. The van der Waals surface area contributed by atoms with Crippen LogP contribution in [0, 0.1) is 0 Å². The maximum absolute atomic E-state index is 10.5. The summed E-state index contributed by atoms with van der Waals surface area (Å²) in [5.74, 6) is -1.47. The van der Waals surface area contributed by atoms with Gasteiger partial charge in [0.15, 0.2) is 0 Å². The second kappa shape index (κ2) is 5.46. The maximum Gasteiger partial charge on any atom is 0.330 e. The van der Waals surface area contributed by atoms with Gasteiger partial charge in [0.05, 0.1) is 13.0 Å². The van der Waals surface area contributed by atoms with Crippen molar-refractivity contribution in [3.8, 4) is 0 Å². The largest absolute Gasteiger partial charge is 0.481 e. The molecule has 1 N–H and O–H groups in total. The number of ether oxygens (including phenoxy) is 1. The molecule has 0 fully saturated rings. The third-order valence-corrected chi connectivity index (χ3v) is 0.833. The molecular formula is C7H10O4. The van der Waals surface area contributed by atoms with E-state index in [2.05, 4.69) is 4.74 Å². The van der Waals surface area contributed by atoms with E-state index in [0.717, 1.165) is 6.08 Å². The van der Waals surface area contributed by atoms with E-state index in [1.54, 1.807) is 6.92 Å². The van der Waals surface area contributed by atoms with Crippen molar-refractivity contribution in [1.82, 2.24) is 0 Å². The number of aliphatic carboxylic acids is 1. The number of hydrogen-bond donors (Lipinski definition) is 1. The van der Waals surface area contributed by atoms with Crippen LogP contribution in [-0.2, 0) is 14.3 Å². The van der Waals surface area contributed by atoms with Crippen molar-refractivity contribution in [3.63, 3.8) is 0 Å². The van der Waals surface area contributed by atoms with Crippen molar-refractivity contribution >= 4 is 11.9 Å². The highest BCUT2D eigenvalue weighted by molar-refractivity contribution is 5.82. The zero-order valence-electron chi connectivity index (χ0n) is 6.24. The summed E-state index contributed by atoms with van der Waals surface area (Å²) in [5.41, 5.74) is 0. The molecule has 0 aromatic carbocycles. The molecule has 4 heteroatoms. The standard InChI is InChI=1S/C7H10O4/c1-2-11-7(10)5-3-4-6(8)9/h3,5H,2,4H2,1H3,(H,8,9)/b5-3+. The van der Waals surface area contributed by atoms with Crippen LogP contribution in [0.15, 0.2) is 12.2 Å². The zero-order valence-corrected chi connectivity index (χ0v) is 6.24. The Labute approximate surface area is 64.5 Å². The Balaban J connectivity index is 3.56. The summed E-state index contributed by atoms with van der Waals surface area (Å²) >= 11 is 0. The average Bonchev–Trinajstić information content (AvgIpc) is 1.87. The lowest BCUT2D eigenvalue weighted by atomic mass is 10.4. The van der Waals surface area contributed by atoms with E-state index in [1.807, 2.05) is 0 Å². The Bertz CT molecular complexity index is 171. The molecule has 0 saturated heterocycles. The first kappa shape index (κ1) is 9.68. The molecule has 0 spiro atoms. The fourth-order valence-electron chi connectivity index (χ4n) is 0.446. The summed E-state index contributed by atoms with van der Waals surface area (Å²) in [5, 5.41) is 8.15. The summed E-state index contributed by atoms with van der Waals surface area (Å²) in [7, 11) is 0. The smallest absolute Gasteiger partial charge is 0.330 e. The van der Waals surface area contributed by atoms with E-state index in [4.69, 9.17) is 5.11 Å². The van der Waals surface area contributed by atoms with E-state index in [9.17, 15) is 9.59 Å². The van der Waals surface area contributed by atoms with Gasteiger partial charge in [-0.3, -0.25) is 4.79 Å². The van der Waals surface area contributed by atoms with Gasteiger partial charge in [0.25, 0.3) is 0 Å². The SMILES string of the molecule is CCOC(=O)/C=C/CC(=O)O. The number of carboxylic acids is 1. The molecule has 0 unspecified atom stereocenters. The van der Waals surface area contributed by atoms with Crippen molar-refractivity contribution in [3.05, 3.63) is 12.2 Å². The highest BCUT2D eigenvalue weighted by Gasteiger charge is 1.94. The van der Waals surface area contributed by atoms with Crippen LogP contribution in [0.25, 0.3) is 0 Å². The molecule has 0 amide bonds. The summed E-state index contributed by atoms with van der Waals surface area (Å²) in [6.45, 7) is 1.99. The molecule has 0 heterocycles. The third kappa shape index (κ3) is 6.57. The molecule has 11 heavy (non-hydrogen) atoms. The van der Waals surface area contributed by atoms with Gasteiger partial charge >= 0.3 is 11.9 Å². The van der Waals surface area contributed by atoms with Crippen molar-refractivity contribution in [2.24, 2.45) is 0 Å². The van der Waals surface area contributed by atoms with Gasteiger partial charge in [0.1, 0.15) is 0 Å². The highest BCUT2D eigenvalue weighted by Crippen LogP contribution is 1.85. The summed E-state index contributed by atoms with van der Waals surface area (Å²) < 4.78 is 4.51. The van der Waals surface area contributed by atoms with Crippen molar-refractivity contribution in [1.29, 1.82) is 0 Å². The van der Waals surface area contributed by atoms with Crippen LogP contribution in [0.5, 0.6) is 0 Å². The Morgan fingerprint density at radius 1 is 1.55 bits per heavy atom. The topological polar surface area (TPSA) is 63.6 Å². The summed E-state index contributed by atoms with van der Waals surface area (Å²) in [6.07, 6.45) is 2.21. The zero-order chi connectivity index (χ0) is 8.69. The second-order valence-electron chi connectivity index (χ2n) is 1.75. The lowest BCUT2D eigenvalue weighted by molar-refractivity contribution is -0.137. The number of carbonyl (C=O) groups is 2. The van der Waals surface area contributed by atoms with E-state index >= 15 is 0 Å². The van der Waals surface area contributed by atoms with Gasteiger partial charge in [0, 0.05) is 6.08 Å². The minimum atomic E-state index is -0.967. The summed E-state index contributed by atoms with van der Waals surface area (Å²) in [6, 6.07) is 0. The first-order valence-electron chi connectivity index (χ1n) is 3.22. The van der Waals surface area contributed by atoms with Gasteiger partial charge in [-0.2, -0.15) is 0 Å². The number of hydrogen-bond acceptors (Lipinski definition) is 3. The van der Waals surface area contributed by atoms with Crippen LogP contribution in [0.3, 0.4) is 0 Å². The first-order chi connectivity index (χ1) is 5.16. The molecule has 0 aliphatic carbocycles. The number of carboxylic acid groups (broad SMARTS) is 1. The predicted octanol–water partition coefficient (Wildman–Crippen LogP) is 0.580. The van der Waals surface area contributed by atoms with Crippen LogP contribution >= 0.6 is 0 Å². The molecular weight excluding hydrogens is 148 g/mol. The average molecular weight is 158 g/mol. The Morgan fingerprint density at radius 3 is 2.64 bits per heavy atom. The first-order valence-corrected chi connectivity index (χ1v) is 3.22. The minimum Gasteiger partial charge on any atom is -0.481 e. The van der Waals surface area contributed by atoms with Crippen LogP contribution in [-0.4, -0.2) is 23.7 Å². The molecule has 62 valence electrons. The fourth-order valence-corrected chi connectivity index (χ4v) is 0.446. The van der Waals surface area contributed by atoms with Gasteiger partial charge in [-0.25, -0.2) is 4.79 Å². The fraction of sp³-hybridized carbons (Fsp3) is 0.429. The lowest BCUT2D eigenvalue weighted by Gasteiger charge is -1.92. The molecule has 0 bridgehead atoms. The molecule has 0 rings (SSSR count). The van der Waals surface area contributed by atoms with Crippen LogP contribution < -0.4 is 0 Å². The Morgan fingerprint density at radius 2 is 2.18 bits per heavy atom. The number of esters is 1. The Hall–Kier alpha value is -1.32. The lowest BCUT2D eigenvalue weighted by Crippen LogP contribution is -1.99. The van der Waals surface area contributed by atoms with Crippen LogP contribution in [0.4, 0.5) is 0 Å². The van der Waals surface area contributed by atoms with Gasteiger partial charge in [-0.15, -0.1) is 0 Å². The maximum atomic E-state index is 10.5. The molecule has 0 aromatic heterocycles. The quantitative estimate of drug-likeness (QED) is 0.480. The van der Waals surface area contributed by atoms with E-state index in [-0.39, 0.29) is 6.42 Å². The van der Waals surface area contributed by atoms with Gasteiger partial charge in [0.2, 0.25) is 0 Å².